The summed E-state index contributed by atoms with van der Waals surface area (Å²) in [4.78, 5) is 27.7. The highest BCUT2D eigenvalue weighted by molar-refractivity contribution is 5.97. The lowest BCUT2D eigenvalue weighted by Gasteiger charge is -2.22. The minimum Gasteiger partial charge on any atom is -0.497 e. The van der Waals surface area contributed by atoms with Crippen LogP contribution in [0.25, 0.3) is 16.9 Å². The summed E-state index contributed by atoms with van der Waals surface area (Å²) in [5, 5.41) is 10.3. The molecule has 0 aliphatic rings. The number of carbonyl (C=O) groups is 2. The third-order valence-electron chi connectivity index (χ3n) is 5.84. The highest BCUT2D eigenvalue weighted by Gasteiger charge is 2.20. The molecule has 39 heavy (non-hydrogen) atoms. The van der Waals surface area contributed by atoms with E-state index < -0.39 is 11.9 Å². The van der Waals surface area contributed by atoms with Gasteiger partial charge >= 0.3 is 6.03 Å². The number of anilines is 2. The number of carbonyl (C=O) groups excluding carboxylic acids is 2. The van der Waals surface area contributed by atoms with Crippen LogP contribution in [0.5, 0.6) is 11.5 Å². The topological polar surface area (TPSA) is 97.7 Å². The van der Waals surface area contributed by atoms with E-state index in [2.05, 4.69) is 15.7 Å². The number of hydrogen-bond acceptors (Lipinski definition) is 5. The zero-order valence-corrected chi connectivity index (χ0v) is 22.0. The first-order chi connectivity index (χ1) is 18.9. The van der Waals surface area contributed by atoms with Crippen LogP contribution < -0.4 is 20.1 Å². The Balaban J connectivity index is 1.54. The summed E-state index contributed by atoms with van der Waals surface area (Å²) in [5.41, 5.74) is 2.53. The van der Waals surface area contributed by atoms with E-state index in [0.29, 0.717) is 47.4 Å². The standard InChI is InChI=1S/C29H30FN5O4/c1-4-14-34(29(37)31-22-15-24(38-2)17-25(16-22)39-3)19-28(36)32-27-18-26(20-8-6-5-7-9-20)33-35(27)23-12-10-21(30)11-13-23/h5-13,15-18H,4,14,19H2,1-3H3,(H,31,37)(H,32,36). The molecule has 10 heteroatoms. The van der Waals surface area contributed by atoms with Crippen LogP contribution in [-0.4, -0.2) is 53.9 Å². The van der Waals surface area contributed by atoms with Crippen molar-refractivity contribution in [2.24, 2.45) is 0 Å². The number of benzene rings is 3. The molecule has 3 aromatic carbocycles. The summed E-state index contributed by atoms with van der Waals surface area (Å²) in [6, 6.07) is 21.6. The van der Waals surface area contributed by atoms with E-state index in [4.69, 9.17) is 9.47 Å². The molecule has 2 N–H and O–H groups in total. The van der Waals surface area contributed by atoms with Gasteiger partial charge in [-0.25, -0.2) is 13.9 Å². The van der Waals surface area contributed by atoms with Crippen LogP contribution in [0.2, 0.25) is 0 Å². The van der Waals surface area contributed by atoms with Crippen molar-refractivity contribution >= 4 is 23.4 Å². The molecule has 202 valence electrons. The number of halogens is 1. The van der Waals surface area contributed by atoms with Crippen molar-refractivity contribution in [1.29, 1.82) is 0 Å². The maximum atomic E-state index is 13.6. The lowest BCUT2D eigenvalue weighted by Crippen LogP contribution is -2.41. The fraction of sp³-hybridized carbons (Fsp3) is 0.207. The molecule has 1 heterocycles. The second-order valence-corrected chi connectivity index (χ2v) is 8.67. The van der Waals surface area contributed by atoms with Gasteiger partial charge < -0.3 is 25.0 Å². The first-order valence-electron chi connectivity index (χ1n) is 12.4. The number of hydrogen-bond donors (Lipinski definition) is 2. The zero-order valence-electron chi connectivity index (χ0n) is 22.0. The van der Waals surface area contributed by atoms with Crippen molar-refractivity contribution in [3.8, 4) is 28.4 Å². The highest BCUT2D eigenvalue weighted by atomic mass is 19.1. The predicted octanol–water partition coefficient (Wildman–Crippen LogP) is 5.58. The molecule has 4 aromatic rings. The summed E-state index contributed by atoms with van der Waals surface area (Å²) < 4.78 is 25.6. The molecule has 0 aliphatic carbocycles. The van der Waals surface area contributed by atoms with Crippen molar-refractivity contribution in [2.75, 3.05) is 37.9 Å². The molecule has 0 radical (unpaired) electrons. The molecule has 0 unspecified atom stereocenters. The first kappa shape index (κ1) is 27.2. The van der Waals surface area contributed by atoms with Gasteiger partial charge in [0.1, 0.15) is 29.7 Å². The number of methoxy groups -OCH3 is 2. The van der Waals surface area contributed by atoms with Crippen LogP contribution in [0, 0.1) is 5.82 Å². The van der Waals surface area contributed by atoms with E-state index in [-0.39, 0.29) is 12.4 Å². The number of amides is 3. The number of aromatic nitrogens is 2. The molecule has 0 spiro atoms. The maximum Gasteiger partial charge on any atom is 0.322 e. The van der Waals surface area contributed by atoms with Gasteiger partial charge in [-0.15, -0.1) is 0 Å². The minimum absolute atomic E-state index is 0.198. The smallest absolute Gasteiger partial charge is 0.322 e. The van der Waals surface area contributed by atoms with E-state index in [0.717, 1.165) is 5.56 Å². The summed E-state index contributed by atoms with van der Waals surface area (Å²) in [7, 11) is 3.04. The number of rotatable bonds is 10. The van der Waals surface area contributed by atoms with Crippen LogP contribution >= 0.6 is 0 Å². The van der Waals surface area contributed by atoms with Crippen molar-refractivity contribution in [1.82, 2.24) is 14.7 Å². The Kier molecular flexibility index (Phi) is 8.78. The summed E-state index contributed by atoms with van der Waals surface area (Å²) in [6.07, 6.45) is 0.647. The first-order valence-corrected chi connectivity index (χ1v) is 12.4. The van der Waals surface area contributed by atoms with Crippen LogP contribution in [0.1, 0.15) is 13.3 Å². The molecular weight excluding hydrogens is 501 g/mol. The third kappa shape index (κ3) is 6.92. The molecule has 3 amide bonds. The highest BCUT2D eigenvalue weighted by Crippen LogP contribution is 2.27. The Morgan fingerprint density at radius 3 is 2.21 bits per heavy atom. The van der Waals surface area contributed by atoms with Crippen molar-refractivity contribution in [3.05, 3.63) is 84.7 Å². The van der Waals surface area contributed by atoms with E-state index in [1.54, 1.807) is 36.4 Å². The molecule has 0 bridgehead atoms. The predicted molar refractivity (Wildman–Crippen MR) is 148 cm³/mol. The fourth-order valence-corrected chi connectivity index (χ4v) is 3.96. The van der Waals surface area contributed by atoms with Gasteiger partial charge in [-0.05, 0) is 30.7 Å². The van der Waals surface area contributed by atoms with E-state index in [9.17, 15) is 14.0 Å². The lowest BCUT2D eigenvalue weighted by molar-refractivity contribution is -0.116. The molecule has 0 fully saturated rings. The van der Waals surface area contributed by atoms with E-state index >= 15 is 0 Å². The van der Waals surface area contributed by atoms with Crippen LogP contribution in [-0.2, 0) is 4.79 Å². The summed E-state index contributed by atoms with van der Waals surface area (Å²) in [6.45, 7) is 2.07. The Hall–Kier alpha value is -4.86. The number of ether oxygens (including phenoxy) is 2. The molecule has 0 atom stereocenters. The van der Waals surface area contributed by atoms with Crippen molar-refractivity contribution in [2.45, 2.75) is 13.3 Å². The fourth-order valence-electron chi connectivity index (χ4n) is 3.96. The van der Waals surface area contributed by atoms with Crippen LogP contribution in [0.4, 0.5) is 20.7 Å². The quantitative estimate of drug-likeness (QED) is 0.279. The lowest BCUT2D eigenvalue weighted by atomic mass is 10.1. The summed E-state index contributed by atoms with van der Waals surface area (Å²) in [5.74, 6) is 0.639. The molecule has 1 aromatic heterocycles. The average molecular weight is 532 g/mol. The minimum atomic E-state index is -0.445. The normalized spacial score (nSPS) is 10.6. The Morgan fingerprint density at radius 1 is 0.923 bits per heavy atom. The Morgan fingerprint density at radius 2 is 1.59 bits per heavy atom. The van der Waals surface area contributed by atoms with E-state index in [1.807, 2.05) is 37.3 Å². The number of nitrogens with one attached hydrogen (secondary N) is 2. The van der Waals surface area contributed by atoms with Crippen molar-refractivity contribution in [3.63, 3.8) is 0 Å². The average Bonchev–Trinajstić information content (AvgIpc) is 3.36. The third-order valence-corrected chi connectivity index (χ3v) is 5.84. The van der Waals surface area contributed by atoms with Gasteiger partial charge in [0.25, 0.3) is 0 Å². The monoisotopic (exact) mass is 531 g/mol. The van der Waals surface area contributed by atoms with Gasteiger partial charge in [-0.2, -0.15) is 5.10 Å². The van der Waals surface area contributed by atoms with Gasteiger partial charge in [0.05, 0.1) is 25.6 Å². The van der Waals surface area contributed by atoms with Gasteiger partial charge in [-0.1, -0.05) is 37.3 Å². The van der Waals surface area contributed by atoms with Gasteiger partial charge in [0, 0.05) is 42.1 Å². The number of nitrogens with zero attached hydrogens (tertiary/aromatic N) is 3. The molecule has 0 aliphatic heterocycles. The molecule has 9 nitrogen and oxygen atoms in total. The molecule has 0 saturated heterocycles. The van der Waals surface area contributed by atoms with Gasteiger partial charge in [0.15, 0.2) is 0 Å². The molecular formula is C29H30FN5O4. The van der Waals surface area contributed by atoms with Crippen molar-refractivity contribution < 1.29 is 23.5 Å². The molecule has 0 saturated carbocycles. The Labute approximate surface area is 226 Å². The second-order valence-electron chi connectivity index (χ2n) is 8.67. The zero-order chi connectivity index (χ0) is 27.8. The largest absolute Gasteiger partial charge is 0.497 e. The number of urea groups is 1. The second kappa shape index (κ2) is 12.6. The van der Waals surface area contributed by atoms with Crippen LogP contribution in [0.15, 0.2) is 78.9 Å². The maximum absolute atomic E-state index is 13.6. The van der Waals surface area contributed by atoms with Gasteiger partial charge in [-0.3, -0.25) is 4.79 Å². The SMILES string of the molecule is CCCN(CC(=O)Nc1cc(-c2ccccc2)nn1-c1ccc(F)cc1)C(=O)Nc1cc(OC)cc(OC)c1. The van der Waals surface area contributed by atoms with Gasteiger partial charge in [0.2, 0.25) is 5.91 Å². The molecule has 4 rings (SSSR count). The Bertz CT molecular complexity index is 1400. The van der Waals surface area contributed by atoms with Crippen LogP contribution in [0.3, 0.4) is 0 Å². The summed E-state index contributed by atoms with van der Waals surface area (Å²) >= 11 is 0. The van der Waals surface area contributed by atoms with E-state index in [1.165, 1.54) is 35.9 Å².